The molecule has 0 bridgehead atoms. The number of amides is 1. The summed E-state index contributed by atoms with van der Waals surface area (Å²) < 4.78 is 5.38. The molecular formula is C15H20N2O2. The van der Waals surface area contributed by atoms with Crippen molar-refractivity contribution in [1.29, 1.82) is 0 Å². The zero-order chi connectivity index (χ0) is 13.1. The van der Waals surface area contributed by atoms with E-state index in [1.54, 1.807) is 4.90 Å². The van der Waals surface area contributed by atoms with Gasteiger partial charge in [0, 0.05) is 31.9 Å². The molecule has 2 heterocycles. The van der Waals surface area contributed by atoms with Gasteiger partial charge in [0.2, 0.25) is 0 Å². The van der Waals surface area contributed by atoms with E-state index < -0.39 is 0 Å². The molecule has 1 amide bonds. The molecule has 2 aliphatic rings. The minimum absolute atomic E-state index is 0.216. The Hall–Kier alpha value is -1.71. The predicted octanol–water partition coefficient (Wildman–Crippen LogP) is 2.88. The summed E-state index contributed by atoms with van der Waals surface area (Å²) in [6.45, 7) is 3.91. The van der Waals surface area contributed by atoms with Crippen LogP contribution in [0.1, 0.15) is 25.7 Å². The standard InChI is InChI=1S/C15H20N2O2/c18-15(17-11-3-4-12-17)19-14-7-5-13(6-8-14)16-9-1-2-10-16/h5-8H,1-4,9-12H2. The Morgan fingerprint density at radius 3 is 2.11 bits per heavy atom. The molecule has 2 aliphatic heterocycles. The third kappa shape index (κ3) is 2.83. The van der Waals surface area contributed by atoms with Crippen molar-refractivity contribution in [3.63, 3.8) is 0 Å². The number of hydrogen-bond donors (Lipinski definition) is 0. The molecule has 4 nitrogen and oxygen atoms in total. The Kier molecular flexibility index (Phi) is 3.58. The fourth-order valence-corrected chi connectivity index (χ4v) is 2.77. The van der Waals surface area contributed by atoms with Gasteiger partial charge in [0.1, 0.15) is 5.75 Å². The summed E-state index contributed by atoms with van der Waals surface area (Å²) in [5.41, 5.74) is 1.22. The Balaban J connectivity index is 1.60. The van der Waals surface area contributed by atoms with Gasteiger partial charge in [0.15, 0.2) is 0 Å². The Morgan fingerprint density at radius 1 is 0.895 bits per heavy atom. The maximum Gasteiger partial charge on any atom is 0.415 e. The Labute approximate surface area is 113 Å². The highest BCUT2D eigenvalue weighted by atomic mass is 16.6. The maximum absolute atomic E-state index is 11.8. The first-order valence-electron chi connectivity index (χ1n) is 7.15. The topological polar surface area (TPSA) is 32.8 Å². The number of ether oxygens (including phenoxy) is 1. The number of hydrogen-bond acceptors (Lipinski definition) is 3. The zero-order valence-electron chi connectivity index (χ0n) is 11.2. The van der Waals surface area contributed by atoms with E-state index in [1.807, 2.05) is 24.3 Å². The summed E-state index contributed by atoms with van der Waals surface area (Å²) in [4.78, 5) is 16.0. The van der Waals surface area contributed by atoms with Crippen LogP contribution < -0.4 is 9.64 Å². The van der Waals surface area contributed by atoms with Crippen LogP contribution in [0.25, 0.3) is 0 Å². The average Bonchev–Trinajstić information content (AvgIpc) is 3.13. The summed E-state index contributed by atoms with van der Waals surface area (Å²) in [7, 11) is 0. The number of likely N-dealkylation sites (tertiary alicyclic amines) is 1. The Morgan fingerprint density at radius 2 is 1.47 bits per heavy atom. The molecule has 3 rings (SSSR count). The molecule has 2 saturated heterocycles. The van der Waals surface area contributed by atoms with Crippen LogP contribution in [-0.2, 0) is 0 Å². The van der Waals surface area contributed by atoms with Crippen LogP contribution in [0.2, 0.25) is 0 Å². The first kappa shape index (κ1) is 12.3. The van der Waals surface area contributed by atoms with E-state index in [0.29, 0.717) is 5.75 Å². The molecule has 1 aromatic rings. The van der Waals surface area contributed by atoms with Gasteiger partial charge in [-0.05, 0) is 49.9 Å². The number of nitrogens with zero attached hydrogens (tertiary/aromatic N) is 2. The molecule has 2 fully saturated rings. The maximum atomic E-state index is 11.8. The van der Waals surface area contributed by atoms with Gasteiger partial charge in [0.25, 0.3) is 0 Å². The fraction of sp³-hybridized carbons (Fsp3) is 0.533. The van der Waals surface area contributed by atoms with E-state index in [0.717, 1.165) is 39.0 Å². The highest BCUT2D eigenvalue weighted by molar-refractivity contribution is 5.71. The van der Waals surface area contributed by atoms with Crippen molar-refractivity contribution >= 4 is 11.8 Å². The van der Waals surface area contributed by atoms with E-state index in [2.05, 4.69) is 4.90 Å². The second-order valence-electron chi connectivity index (χ2n) is 5.25. The van der Waals surface area contributed by atoms with Crippen molar-refractivity contribution in [3.8, 4) is 5.75 Å². The number of rotatable bonds is 2. The van der Waals surface area contributed by atoms with Gasteiger partial charge in [-0.15, -0.1) is 0 Å². The van der Waals surface area contributed by atoms with Gasteiger partial charge in [-0.1, -0.05) is 0 Å². The molecule has 0 saturated carbocycles. The van der Waals surface area contributed by atoms with Crippen molar-refractivity contribution in [2.75, 3.05) is 31.1 Å². The van der Waals surface area contributed by atoms with Gasteiger partial charge in [0.05, 0.1) is 0 Å². The van der Waals surface area contributed by atoms with Crippen molar-refractivity contribution in [1.82, 2.24) is 4.90 Å². The molecule has 0 atom stereocenters. The highest BCUT2D eigenvalue weighted by Crippen LogP contribution is 2.23. The molecule has 1 aromatic carbocycles. The largest absolute Gasteiger partial charge is 0.415 e. The summed E-state index contributed by atoms with van der Waals surface area (Å²) in [5, 5.41) is 0. The van der Waals surface area contributed by atoms with Gasteiger partial charge in [-0.2, -0.15) is 0 Å². The summed E-state index contributed by atoms with van der Waals surface area (Å²) in [5.74, 6) is 0.639. The van der Waals surface area contributed by atoms with Crippen LogP contribution in [0.3, 0.4) is 0 Å². The van der Waals surface area contributed by atoms with Crippen LogP contribution in [0.15, 0.2) is 24.3 Å². The summed E-state index contributed by atoms with van der Waals surface area (Å²) in [6, 6.07) is 7.86. The van der Waals surface area contributed by atoms with Gasteiger partial charge >= 0.3 is 6.09 Å². The lowest BCUT2D eigenvalue weighted by Gasteiger charge is -2.18. The molecule has 19 heavy (non-hydrogen) atoms. The summed E-state index contributed by atoms with van der Waals surface area (Å²) in [6.07, 6.45) is 4.50. The average molecular weight is 260 g/mol. The summed E-state index contributed by atoms with van der Waals surface area (Å²) >= 11 is 0. The zero-order valence-corrected chi connectivity index (χ0v) is 11.2. The number of anilines is 1. The lowest BCUT2D eigenvalue weighted by molar-refractivity contribution is 0.163. The van der Waals surface area contributed by atoms with E-state index in [4.69, 9.17) is 4.74 Å². The van der Waals surface area contributed by atoms with E-state index >= 15 is 0 Å². The first-order chi connectivity index (χ1) is 9.33. The monoisotopic (exact) mass is 260 g/mol. The molecule has 102 valence electrons. The third-order valence-corrected chi connectivity index (χ3v) is 3.88. The van der Waals surface area contributed by atoms with Crippen molar-refractivity contribution in [3.05, 3.63) is 24.3 Å². The molecule has 0 unspecified atom stereocenters. The molecule has 0 spiro atoms. The van der Waals surface area contributed by atoms with Crippen molar-refractivity contribution in [2.24, 2.45) is 0 Å². The van der Waals surface area contributed by atoms with E-state index in [9.17, 15) is 4.79 Å². The number of carbonyl (C=O) groups is 1. The Bertz CT molecular complexity index is 432. The molecule has 0 radical (unpaired) electrons. The normalized spacial score (nSPS) is 18.9. The predicted molar refractivity (Wildman–Crippen MR) is 74.7 cm³/mol. The van der Waals surface area contributed by atoms with E-state index in [1.165, 1.54) is 18.5 Å². The molecule has 0 aliphatic carbocycles. The van der Waals surface area contributed by atoms with Crippen molar-refractivity contribution < 1.29 is 9.53 Å². The van der Waals surface area contributed by atoms with E-state index in [-0.39, 0.29) is 6.09 Å². The smallest absolute Gasteiger partial charge is 0.410 e. The molecule has 0 N–H and O–H groups in total. The lowest BCUT2D eigenvalue weighted by Crippen LogP contribution is -2.30. The second kappa shape index (κ2) is 5.51. The van der Waals surface area contributed by atoms with Crippen LogP contribution >= 0.6 is 0 Å². The first-order valence-corrected chi connectivity index (χ1v) is 7.15. The minimum Gasteiger partial charge on any atom is -0.410 e. The lowest BCUT2D eigenvalue weighted by atomic mass is 10.3. The number of carbonyl (C=O) groups excluding carboxylic acids is 1. The van der Waals surface area contributed by atoms with Crippen molar-refractivity contribution in [2.45, 2.75) is 25.7 Å². The highest BCUT2D eigenvalue weighted by Gasteiger charge is 2.19. The molecular weight excluding hydrogens is 240 g/mol. The molecule has 4 heteroatoms. The van der Waals surface area contributed by atoms with Gasteiger partial charge in [-0.3, -0.25) is 0 Å². The van der Waals surface area contributed by atoms with Crippen LogP contribution in [0, 0.1) is 0 Å². The quantitative estimate of drug-likeness (QED) is 0.819. The second-order valence-corrected chi connectivity index (χ2v) is 5.25. The van der Waals surface area contributed by atoms with Crippen LogP contribution in [0.4, 0.5) is 10.5 Å². The minimum atomic E-state index is -0.216. The fourth-order valence-electron chi connectivity index (χ4n) is 2.77. The van der Waals surface area contributed by atoms with Gasteiger partial charge in [-0.25, -0.2) is 4.79 Å². The van der Waals surface area contributed by atoms with Gasteiger partial charge < -0.3 is 14.5 Å². The SMILES string of the molecule is O=C(Oc1ccc(N2CCCC2)cc1)N1CCCC1. The van der Waals surface area contributed by atoms with Crippen LogP contribution in [-0.4, -0.2) is 37.2 Å². The van der Waals surface area contributed by atoms with Crippen LogP contribution in [0.5, 0.6) is 5.75 Å². The third-order valence-electron chi connectivity index (χ3n) is 3.88. The number of benzene rings is 1. The molecule has 0 aromatic heterocycles.